The zero-order valence-corrected chi connectivity index (χ0v) is 21.7. The number of hydrogen-bond donors (Lipinski definition) is 2. The van der Waals surface area contributed by atoms with Crippen LogP contribution >= 0.6 is 0 Å². The van der Waals surface area contributed by atoms with Gasteiger partial charge >= 0.3 is 11.7 Å². The minimum Gasteiger partial charge on any atom is -0.477 e. The van der Waals surface area contributed by atoms with Crippen LogP contribution in [-0.4, -0.2) is 44.2 Å². The number of aromatic nitrogens is 2. The summed E-state index contributed by atoms with van der Waals surface area (Å²) >= 11 is 0. The Balaban J connectivity index is 1.49. The monoisotopic (exact) mass is 528 g/mol. The molecule has 1 aliphatic heterocycles. The molecule has 0 saturated carbocycles. The zero-order chi connectivity index (χ0) is 27.5. The van der Waals surface area contributed by atoms with E-state index in [0.29, 0.717) is 23.6 Å². The molecule has 0 fully saturated rings. The summed E-state index contributed by atoms with van der Waals surface area (Å²) in [5.41, 5.74) is 4.92. The van der Waals surface area contributed by atoms with E-state index in [4.69, 9.17) is 0 Å². The molecule has 2 N–H and O–H groups in total. The number of H-pyrrole nitrogens is 1. The molecule has 4 aromatic rings. The molecule has 1 aliphatic rings. The van der Waals surface area contributed by atoms with E-state index in [0.717, 1.165) is 41.5 Å². The number of unbranched alkanes of at least 4 members (excludes halogenated alkanes) is 1. The van der Waals surface area contributed by atoms with E-state index >= 15 is 0 Å². The fraction of sp³-hybridized carbons (Fsp3) is 0.233. The summed E-state index contributed by atoms with van der Waals surface area (Å²) in [5.74, 6) is -1.66. The van der Waals surface area contributed by atoms with Crippen LogP contribution in [0.1, 0.15) is 37.3 Å². The van der Waals surface area contributed by atoms with E-state index in [2.05, 4.69) is 21.6 Å². The standard InChI is InChI=1S/C30H29FN4O4/c1-3-4-9-25-34(2)26(21-14-16-22(31)17-15-21)27(29(36)37)35(25)18-19-10-12-20(13-11-19)23-7-5-6-8-24(23)28-32-30(38)39-33-28/h5-8,10-17,25H,3-4,9,18H2,1-2H3,(H,36,37)(H,32,33,38). The lowest BCUT2D eigenvalue weighted by atomic mass is 9.98. The van der Waals surface area contributed by atoms with Crippen molar-refractivity contribution in [3.8, 4) is 22.5 Å². The molecule has 0 amide bonds. The molecule has 0 bridgehead atoms. The highest BCUT2D eigenvalue weighted by Gasteiger charge is 2.39. The van der Waals surface area contributed by atoms with Crippen LogP contribution in [0.2, 0.25) is 0 Å². The van der Waals surface area contributed by atoms with Crippen LogP contribution in [0.15, 0.2) is 87.8 Å². The molecule has 1 aromatic heterocycles. The third-order valence-electron chi connectivity index (χ3n) is 7.05. The van der Waals surface area contributed by atoms with Crippen LogP contribution in [0, 0.1) is 5.82 Å². The molecule has 2 heterocycles. The molecule has 0 aliphatic carbocycles. The highest BCUT2D eigenvalue weighted by Crippen LogP contribution is 2.38. The van der Waals surface area contributed by atoms with Gasteiger partial charge in [-0.2, -0.15) is 0 Å². The van der Waals surface area contributed by atoms with Gasteiger partial charge in [0, 0.05) is 24.7 Å². The van der Waals surface area contributed by atoms with Crippen molar-refractivity contribution in [2.45, 2.75) is 38.9 Å². The Bertz CT molecular complexity index is 1560. The van der Waals surface area contributed by atoms with Crippen molar-refractivity contribution >= 4 is 11.7 Å². The van der Waals surface area contributed by atoms with Crippen LogP contribution < -0.4 is 5.76 Å². The SMILES string of the molecule is CCCCC1N(C)C(c2ccc(F)cc2)=C(C(=O)O)N1Cc1ccc(-c2ccccc2-c2noc(=O)[nH]2)cc1. The maximum Gasteiger partial charge on any atom is 0.439 e. The molecular weight excluding hydrogens is 499 g/mol. The maximum absolute atomic E-state index is 13.6. The largest absolute Gasteiger partial charge is 0.477 e. The van der Waals surface area contributed by atoms with E-state index in [1.54, 1.807) is 12.1 Å². The van der Waals surface area contributed by atoms with Gasteiger partial charge in [0.1, 0.15) is 17.7 Å². The minimum absolute atomic E-state index is 0.152. The Morgan fingerprint density at radius 1 is 1.03 bits per heavy atom. The highest BCUT2D eigenvalue weighted by molar-refractivity contribution is 5.96. The molecule has 5 rings (SSSR count). The number of aliphatic carboxylic acids is 1. The average Bonchev–Trinajstić information content (AvgIpc) is 3.49. The van der Waals surface area contributed by atoms with E-state index in [9.17, 15) is 19.1 Å². The summed E-state index contributed by atoms with van der Waals surface area (Å²) < 4.78 is 18.3. The number of rotatable bonds is 9. The Labute approximate surface area is 225 Å². The topological polar surface area (TPSA) is 103 Å². The second kappa shape index (κ2) is 11.0. The minimum atomic E-state index is -1.02. The molecule has 3 aromatic carbocycles. The number of carboxylic acid groups (broad SMARTS) is 1. The molecule has 9 heteroatoms. The number of halogens is 1. The van der Waals surface area contributed by atoms with Crippen LogP contribution in [-0.2, 0) is 11.3 Å². The van der Waals surface area contributed by atoms with E-state index < -0.39 is 11.7 Å². The van der Waals surface area contributed by atoms with E-state index in [1.165, 1.54) is 12.1 Å². The lowest BCUT2D eigenvalue weighted by molar-refractivity contribution is -0.134. The van der Waals surface area contributed by atoms with Gasteiger partial charge in [-0.25, -0.2) is 14.0 Å². The van der Waals surface area contributed by atoms with Gasteiger partial charge in [-0.15, -0.1) is 0 Å². The van der Waals surface area contributed by atoms with E-state index in [-0.39, 0.29) is 17.7 Å². The lowest BCUT2D eigenvalue weighted by Gasteiger charge is -2.32. The molecule has 39 heavy (non-hydrogen) atoms. The number of aromatic amines is 1. The quantitative estimate of drug-likeness (QED) is 0.294. The molecule has 8 nitrogen and oxygen atoms in total. The molecule has 1 atom stereocenters. The fourth-order valence-electron chi connectivity index (χ4n) is 5.18. The number of hydrogen-bond acceptors (Lipinski definition) is 6. The molecule has 0 radical (unpaired) electrons. The third-order valence-corrected chi connectivity index (χ3v) is 7.05. The molecule has 200 valence electrons. The van der Waals surface area contributed by atoms with Crippen molar-refractivity contribution in [2.75, 3.05) is 7.05 Å². The van der Waals surface area contributed by atoms with Gasteiger partial charge in [-0.3, -0.25) is 9.51 Å². The first kappa shape index (κ1) is 26.0. The van der Waals surface area contributed by atoms with Crippen molar-refractivity contribution in [3.05, 3.63) is 106 Å². The van der Waals surface area contributed by atoms with Gasteiger partial charge in [-0.05, 0) is 53.8 Å². The van der Waals surface area contributed by atoms with Crippen LogP contribution in [0.25, 0.3) is 28.2 Å². The number of carboxylic acids is 1. The van der Waals surface area contributed by atoms with Crippen molar-refractivity contribution in [1.29, 1.82) is 0 Å². The van der Waals surface area contributed by atoms with Gasteiger partial charge in [0.25, 0.3) is 0 Å². The maximum atomic E-state index is 13.6. The molecule has 1 unspecified atom stereocenters. The molecule has 0 spiro atoms. The first-order valence-electron chi connectivity index (χ1n) is 12.8. The number of nitrogens with zero attached hydrogens (tertiary/aromatic N) is 3. The Morgan fingerprint density at radius 3 is 2.31 bits per heavy atom. The van der Waals surface area contributed by atoms with Gasteiger partial charge in [0.05, 0.1) is 5.70 Å². The summed E-state index contributed by atoms with van der Waals surface area (Å²) in [6.07, 6.45) is 2.56. The Hall–Kier alpha value is -4.66. The second-order valence-corrected chi connectivity index (χ2v) is 9.56. The summed E-state index contributed by atoms with van der Waals surface area (Å²) in [6, 6.07) is 21.4. The second-order valence-electron chi connectivity index (χ2n) is 9.56. The summed E-state index contributed by atoms with van der Waals surface area (Å²) in [7, 11) is 1.90. The Kier molecular flexibility index (Phi) is 7.31. The zero-order valence-electron chi connectivity index (χ0n) is 21.7. The fourth-order valence-corrected chi connectivity index (χ4v) is 5.18. The van der Waals surface area contributed by atoms with Gasteiger partial charge in [0.2, 0.25) is 0 Å². The van der Waals surface area contributed by atoms with Gasteiger partial charge in [-0.1, -0.05) is 67.0 Å². The van der Waals surface area contributed by atoms with E-state index in [1.807, 2.05) is 65.4 Å². The summed E-state index contributed by atoms with van der Waals surface area (Å²) in [4.78, 5) is 30.6. The van der Waals surface area contributed by atoms with Crippen LogP contribution in [0.3, 0.4) is 0 Å². The van der Waals surface area contributed by atoms with Crippen molar-refractivity contribution in [3.63, 3.8) is 0 Å². The molecular formula is C30H29FN4O4. The predicted octanol–water partition coefficient (Wildman–Crippen LogP) is 5.55. The van der Waals surface area contributed by atoms with Crippen LogP contribution in [0.4, 0.5) is 4.39 Å². The van der Waals surface area contributed by atoms with Gasteiger partial charge in [0.15, 0.2) is 5.82 Å². The highest BCUT2D eigenvalue weighted by atomic mass is 19.1. The smallest absolute Gasteiger partial charge is 0.439 e. The van der Waals surface area contributed by atoms with Crippen molar-refractivity contribution in [1.82, 2.24) is 19.9 Å². The summed E-state index contributed by atoms with van der Waals surface area (Å²) in [6.45, 7) is 2.50. The third kappa shape index (κ3) is 5.20. The Morgan fingerprint density at radius 2 is 1.69 bits per heavy atom. The number of carbonyl (C=O) groups is 1. The molecule has 0 saturated heterocycles. The van der Waals surface area contributed by atoms with Crippen molar-refractivity contribution in [2.24, 2.45) is 0 Å². The number of benzene rings is 3. The van der Waals surface area contributed by atoms with Crippen molar-refractivity contribution < 1.29 is 18.8 Å². The predicted molar refractivity (Wildman–Crippen MR) is 146 cm³/mol. The van der Waals surface area contributed by atoms with Crippen LogP contribution in [0.5, 0.6) is 0 Å². The first-order valence-corrected chi connectivity index (χ1v) is 12.8. The number of nitrogens with one attached hydrogen (secondary N) is 1. The lowest BCUT2D eigenvalue weighted by Crippen LogP contribution is -2.39. The van der Waals surface area contributed by atoms with Gasteiger partial charge < -0.3 is 14.9 Å². The normalized spacial score (nSPS) is 15.3. The summed E-state index contributed by atoms with van der Waals surface area (Å²) in [5, 5.41) is 14.1. The average molecular weight is 529 g/mol. The first-order chi connectivity index (χ1) is 18.9.